The number of nitrogens with zero attached hydrogens (tertiary/aromatic N) is 1. The zero-order chi connectivity index (χ0) is 11.5. The number of oxazole rings is 1. The van der Waals surface area contributed by atoms with Gasteiger partial charge in [-0.1, -0.05) is 22.0 Å². The highest BCUT2D eigenvalue weighted by Gasteiger charge is 2.07. The van der Waals surface area contributed by atoms with Crippen LogP contribution in [-0.4, -0.2) is 4.98 Å². The van der Waals surface area contributed by atoms with E-state index in [0.29, 0.717) is 5.22 Å². The van der Waals surface area contributed by atoms with Crippen molar-refractivity contribution in [3.8, 4) is 0 Å². The summed E-state index contributed by atoms with van der Waals surface area (Å²) in [4.78, 5) is 5.12. The highest BCUT2D eigenvalue weighted by Crippen LogP contribution is 2.31. The molecule has 2 rings (SSSR count). The summed E-state index contributed by atoms with van der Waals surface area (Å²) in [5.41, 5.74) is 6.93. The standard InChI is InChI=1S/C11H11BrN2OS/c1-7(13)9-3-2-8(6-10(9)12)16-11-14-4-5-15-11/h2-7H,13H2,1H3. The van der Waals surface area contributed by atoms with Crippen molar-refractivity contribution in [1.82, 2.24) is 4.98 Å². The molecular weight excluding hydrogens is 288 g/mol. The molecule has 1 unspecified atom stereocenters. The van der Waals surface area contributed by atoms with Crippen LogP contribution < -0.4 is 5.73 Å². The number of hydrogen-bond donors (Lipinski definition) is 1. The average molecular weight is 299 g/mol. The third-order valence-corrected chi connectivity index (χ3v) is 3.63. The van der Waals surface area contributed by atoms with Gasteiger partial charge < -0.3 is 10.2 Å². The van der Waals surface area contributed by atoms with Crippen molar-refractivity contribution in [2.75, 3.05) is 0 Å². The molecule has 1 aromatic carbocycles. The van der Waals surface area contributed by atoms with Crippen LogP contribution in [0.3, 0.4) is 0 Å². The van der Waals surface area contributed by atoms with Crippen LogP contribution in [0, 0.1) is 0 Å². The number of nitrogens with two attached hydrogens (primary N) is 1. The molecule has 2 aromatic rings. The van der Waals surface area contributed by atoms with Gasteiger partial charge in [-0.15, -0.1) is 0 Å². The molecule has 1 atom stereocenters. The average Bonchev–Trinajstić information content (AvgIpc) is 2.70. The Labute approximate surface area is 107 Å². The molecule has 84 valence electrons. The van der Waals surface area contributed by atoms with E-state index in [9.17, 15) is 0 Å². The van der Waals surface area contributed by atoms with Gasteiger partial charge in [-0.05, 0) is 36.4 Å². The van der Waals surface area contributed by atoms with E-state index in [2.05, 4.69) is 20.9 Å². The van der Waals surface area contributed by atoms with Gasteiger partial charge in [-0.2, -0.15) is 0 Å². The molecule has 0 amide bonds. The monoisotopic (exact) mass is 298 g/mol. The molecule has 0 saturated heterocycles. The fraction of sp³-hybridized carbons (Fsp3) is 0.182. The number of benzene rings is 1. The van der Waals surface area contributed by atoms with Crippen LogP contribution in [0.2, 0.25) is 0 Å². The van der Waals surface area contributed by atoms with Crippen LogP contribution >= 0.6 is 27.7 Å². The SMILES string of the molecule is CC(N)c1ccc(Sc2ncco2)cc1Br. The minimum Gasteiger partial charge on any atom is -0.440 e. The van der Waals surface area contributed by atoms with Crippen LogP contribution in [0.5, 0.6) is 0 Å². The predicted molar refractivity (Wildman–Crippen MR) is 67.4 cm³/mol. The summed E-state index contributed by atoms with van der Waals surface area (Å²) >= 11 is 4.99. The second-order valence-corrected chi connectivity index (χ2v) is 5.25. The van der Waals surface area contributed by atoms with Gasteiger partial charge in [-0.25, -0.2) is 4.98 Å². The van der Waals surface area contributed by atoms with Crippen LogP contribution in [0.4, 0.5) is 0 Å². The van der Waals surface area contributed by atoms with Gasteiger partial charge in [0.05, 0.1) is 6.20 Å². The highest BCUT2D eigenvalue weighted by molar-refractivity contribution is 9.10. The van der Waals surface area contributed by atoms with Gasteiger partial charge in [0.2, 0.25) is 0 Å². The van der Waals surface area contributed by atoms with Crippen molar-refractivity contribution in [2.45, 2.75) is 23.1 Å². The molecule has 0 aliphatic carbocycles. The van der Waals surface area contributed by atoms with Gasteiger partial charge in [0, 0.05) is 15.4 Å². The van der Waals surface area contributed by atoms with Crippen LogP contribution in [0.1, 0.15) is 18.5 Å². The Hall–Kier alpha value is -0.780. The van der Waals surface area contributed by atoms with Crippen LogP contribution in [0.15, 0.2) is 49.7 Å². The molecule has 5 heteroatoms. The quantitative estimate of drug-likeness (QED) is 0.940. The van der Waals surface area contributed by atoms with Gasteiger partial charge in [0.25, 0.3) is 5.22 Å². The van der Waals surface area contributed by atoms with E-state index in [1.54, 1.807) is 12.5 Å². The van der Waals surface area contributed by atoms with Crippen molar-refractivity contribution in [3.05, 3.63) is 40.7 Å². The van der Waals surface area contributed by atoms with Gasteiger partial charge in [0.1, 0.15) is 6.26 Å². The fourth-order valence-corrected chi connectivity index (χ4v) is 2.93. The minimum absolute atomic E-state index is 0.0233. The van der Waals surface area contributed by atoms with E-state index in [4.69, 9.17) is 10.2 Å². The Morgan fingerprint density at radius 3 is 2.88 bits per heavy atom. The summed E-state index contributed by atoms with van der Waals surface area (Å²) < 4.78 is 6.18. The summed E-state index contributed by atoms with van der Waals surface area (Å²) in [5, 5.41) is 0.639. The summed E-state index contributed by atoms with van der Waals surface area (Å²) in [6.07, 6.45) is 3.20. The topological polar surface area (TPSA) is 52.0 Å². The molecule has 1 aromatic heterocycles. The maximum atomic E-state index is 5.83. The zero-order valence-corrected chi connectivity index (χ0v) is 11.1. The normalized spacial score (nSPS) is 12.7. The number of halogens is 1. The van der Waals surface area contributed by atoms with E-state index in [1.807, 2.05) is 25.1 Å². The van der Waals surface area contributed by atoms with Crippen molar-refractivity contribution < 1.29 is 4.42 Å². The first-order valence-corrected chi connectivity index (χ1v) is 6.40. The van der Waals surface area contributed by atoms with Gasteiger partial charge in [-0.3, -0.25) is 0 Å². The van der Waals surface area contributed by atoms with E-state index < -0.39 is 0 Å². The van der Waals surface area contributed by atoms with E-state index in [-0.39, 0.29) is 6.04 Å². The second-order valence-electron chi connectivity index (χ2n) is 3.37. The largest absolute Gasteiger partial charge is 0.440 e. The molecule has 0 fully saturated rings. The molecule has 2 N–H and O–H groups in total. The summed E-state index contributed by atoms with van der Waals surface area (Å²) in [5.74, 6) is 0. The Bertz CT molecular complexity index is 471. The first-order chi connectivity index (χ1) is 7.66. The molecule has 0 bridgehead atoms. The Balaban J connectivity index is 2.21. The van der Waals surface area contributed by atoms with E-state index in [1.165, 1.54) is 11.8 Å². The lowest BCUT2D eigenvalue weighted by molar-refractivity contribution is 0.454. The third-order valence-electron chi connectivity index (χ3n) is 2.08. The van der Waals surface area contributed by atoms with Crippen LogP contribution in [-0.2, 0) is 0 Å². The molecule has 0 radical (unpaired) electrons. The predicted octanol–water partition coefficient (Wildman–Crippen LogP) is 3.61. The van der Waals surface area contributed by atoms with Crippen molar-refractivity contribution in [3.63, 3.8) is 0 Å². The molecule has 16 heavy (non-hydrogen) atoms. The lowest BCUT2D eigenvalue weighted by Crippen LogP contribution is -2.05. The second kappa shape index (κ2) is 5.03. The zero-order valence-electron chi connectivity index (χ0n) is 8.68. The van der Waals surface area contributed by atoms with E-state index >= 15 is 0 Å². The van der Waals surface area contributed by atoms with Crippen molar-refractivity contribution in [2.24, 2.45) is 5.73 Å². The molecule has 0 saturated carbocycles. The van der Waals surface area contributed by atoms with Gasteiger partial charge >= 0.3 is 0 Å². The maximum Gasteiger partial charge on any atom is 0.260 e. The molecule has 3 nitrogen and oxygen atoms in total. The molecule has 0 aliphatic heterocycles. The minimum atomic E-state index is 0.0233. The maximum absolute atomic E-state index is 5.83. The number of hydrogen-bond acceptors (Lipinski definition) is 4. The number of aromatic nitrogens is 1. The Kier molecular flexibility index (Phi) is 3.68. The van der Waals surface area contributed by atoms with E-state index in [0.717, 1.165) is 14.9 Å². The Morgan fingerprint density at radius 2 is 2.31 bits per heavy atom. The van der Waals surface area contributed by atoms with Crippen LogP contribution in [0.25, 0.3) is 0 Å². The fourth-order valence-electron chi connectivity index (χ4n) is 1.30. The lowest BCUT2D eigenvalue weighted by Gasteiger charge is -2.09. The first kappa shape index (κ1) is 11.7. The summed E-state index contributed by atoms with van der Waals surface area (Å²) in [6.45, 7) is 1.96. The summed E-state index contributed by atoms with van der Waals surface area (Å²) in [7, 11) is 0. The molecular formula is C11H11BrN2OS. The molecule has 1 heterocycles. The number of rotatable bonds is 3. The highest BCUT2D eigenvalue weighted by atomic mass is 79.9. The lowest BCUT2D eigenvalue weighted by atomic mass is 10.1. The molecule has 0 spiro atoms. The Morgan fingerprint density at radius 1 is 1.50 bits per heavy atom. The van der Waals surface area contributed by atoms with Crippen molar-refractivity contribution >= 4 is 27.7 Å². The van der Waals surface area contributed by atoms with Crippen molar-refractivity contribution in [1.29, 1.82) is 0 Å². The first-order valence-electron chi connectivity index (χ1n) is 4.79. The smallest absolute Gasteiger partial charge is 0.260 e. The summed E-state index contributed by atoms with van der Waals surface area (Å²) in [6, 6.07) is 6.07. The third kappa shape index (κ3) is 2.66. The van der Waals surface area contributed by atoms with Gasteiger partial charge in [0.15, 0.2) is 0 Å². The molecule has 0 aliphatic rings.